The van der Waals surface area contributed by atoms with Crippen LogP contribution in [0, 0.1) is 6.92 Å². The van der Waals surface area contributed by atoms with Crippen molar-refractivity contribution in [3.8, 4) is 0 Å². The molecule has 0 fully saturated rings. The number of carbonyl (C=O) groups is 2. The summed E-state index contributed by atoms with van der Waals surface area (Å²) in [6, 6.07) is 13.6. The Labute approximate surface area is 205 Å². The monoisotopic (exact) mass is 537 g/mol. The van der Waals surface area contributed by atoms with Gasteiger partial charge in [0.2, 0.25) is 21.8 Å². The van der Waals surface area contributed by atoms with Gasteiger partial charge in [0, 0.05) is 17.1 Å². The molecule has 2 atom stereocenters. The Morgan fingerprint density at radius 1 is 1.09 bits per heavy atom. The van der Waals surface area contributed by atoms with Crippen molar-refractivity contribution >= 4 is 43.5 Å². The highest BCUT2D eigenvalue weighted by Gasteiger charge is 2.30. The molecule has 0 aliphatic rings. The largest absolute Gasteiger partial charge is 0.352 e. The summed E-state index contributed by atoms with van der Waals surface area (Å²) in [5, 5.41) is 2.91. The van der Waals surface area contributed by atoms with Crippen LogP contribution in [0.2, 0.25) is 0 Å². The maximum Gasteiger partial charge on any atom is 0.244 e. The summed E-state index contributed by atoms with van der Waals surface area (Å²) in [5.74, 6) is -0.743. The molecular formula is C24H32BrN3O4S. The van der Waals surface area contributed by atoms with Crippen LogP contribution < -0.4 is 9.62 Å². The lowest BCUT2D eigenvalue weighted by atomic mass is 10.1. The first-order chi connectivity index (χ1) is 15.4. The standard InChI is InChI=1S/C24H32BrN3O4S/c1-6-18(3)26-24(30)19(4)27(15-20-10-12-21(25)13-11-20)23(29)16-28(33(5,31)32)22-9-7-8-17(2)14-22/h7-14,18-19H,6,15-16H2,1-5H3,(H,26,30)/t18-,19+/m0/s1. The zero-order chi connectivity index (χ0) is 24.8. The van der Waals surface area contributed by atoms with E-state index < -0.39 is 28.5 Å². The van der Waals surface area contributed by atoms with Gasteiger partial charge in [-0.25, -0.2) is 8.42 Å². The Hall–Kier alpha value is -2.39. The number of hydrogen-bond acceptors (Lipinski definition) is 4. The van der Waals surface area contributed by atoms with E-state index in [-0.39, 0.29) is 18.5 Å². The van der Waals surface area contributed by atoms with Gasteiger partial charge in [-0.3, -0.25) is 13.9 Å². The SMILES string of the molecule is CC[C@H](C)NC(=O)[C@@H](C)N(Cc1ccc(Br)cc1)C(=O)CN(c1cccc(C)c1)S(C)(=O)=O. The van der Waals surface area contributed by atoms with Gasteiger partial charge in [0.05, 0.1) is 11.9 Å². The highest BCUT2D eigenvalue weighted by molar-refractivity contribution is 9.10. The third kappa shape index (κ3) is 7.85. The molecule has 0 bridgehead atoms. The minimum atomic E-state index is -3.73. The summed E-state index contributed by atoms with van der Waals surface area (Å²) < 4.78 is 27.1. The van der Waals surface area contributed by atoms with Crippen molar-refractivity contribution in [2.75, 3.05) is 17.1 Å². The third-order valence-electron chi connectivity index (χ3n) is 5.40. The molecule has 2 rings (SSSR count). The number of carbonyl (C=O) groups excluding carboxylic acids is 2. The molecule has 1 N–H and O–H groups in total. The van der Waals surface area contributed by atoms with E-state index in [0.29, 0.717) is 5.69 Å². The number of benzene rings is 2. The molecule has 0 saturated carbocycles. The van der Waals surface area contributed by atoms with E-state index >= 15 is 0 Å². The van der Waals surface area contributed by atoms with Gasteiger partial charge in [-0.15, -0.1) is 0 Å². The van der Waals surface area contributed by atoms with E-state index in [1.54, 1.807) is 25.1 Å². The van der Waals surface area contributed by atoms with Gasteiger partial charge in [-0.2, -0.15) is 0 Å². The number of aryl methyl sites for hydroxylation is 1. The quantitative estimate of drug-likeness (QED) is 0.498. The molecule has 2 aromatic carbocycles. The summed E-state index contributed by atoms with van der Waals surface area (Å²) >= 11 is 3.40. The average Bonchev–Trinajstić information content (AvgIpc) is 2.75. The minimum absolute atomic E-state index is 0.0376. The number of anilines is 1. The normalized spacial score (nSPS) is 13.2. The van der Waals surface area contributed by atoms with Crippen molar-refractivity contribution in [3.63, 3.8) is 0 Å². The van der Waals surface area contributed by atoms with Crippen LogP contribution in [0.25, 0.3) is 0 Å². The molecular weight excluding hydrogens is 506 g/mol. The van der Waals surface area contributed by atoms with Crippen molar-refractivity contribution in [2.24, 2.45) is 0 Å². The van der Waals surface area contributed by atoms with Gasteiger partial charge >= 0.3 is 0 Å². The molecule has 0 spiro atoms. The summed E-state index contributed by atoms with van der Waals surface area (Å²) in [6.45, 7) is 7.14. The number of amides is 2. The predicted octanol–water partition coefficient (Wildman–Crippen LogP) is 3.86. The first-order valence-electron chi connectivity index (χ1n) is 10.8. The summed E-state index contributed by atoms with van der Waals surface area (Å²) in [5.41, 5.74) is 2.11. The van der Waals surface area contributed by atoms with Crippen LogP contribution in [0.3, 0.4) is 0 Å². The fourth-order valence-electron chi connectivity index (χ4n) is 3.23. The average molecular weight is 539 g/mol. The van der Waals surface area contributed by atoms with E-state index in [9.17, 15) is 18.0 Å². The summed E-state index contributed by atoms with van der Waals surface area (Å²) in [4.78, 5) is 27.7. The topological polar surface area (TPSA) is 86.8 Å². The Balaban J connectivity index is 2.37. The van der Waals surface area contributed by atoms with E-state index in [1.165, 1.54) is 4.90 Å². The fourth-order valence-corrected chi connectivity index (χ4v) is 4.34. The van der Waals surface area contributed by atoms with Crippen LogP contribution in [0.4, 0.5) is 5.69 Å². The molecule has 0 aromatic heterocycles. The van der Waals surface area contributed by atoms with Crippen molar-refractivity contribution in [3.05, 3.63) is 64.1 Å². The van der Waals surface area contributed by atoms with E-state index in [0.717, 1.165) is 32.6 Å². The maximum atomic E-state index is 13.5. The predicted molar refractivity (Wildman–Crippen MR) is 135 cm³/mol. The molecule has 0 aliphatic carbocycles. The first kappa shape index (κ1) is 26.9. The number of nitrogens with zero attached hydrogens (tertiary/aromatic N) is 2. The first-order valence-corrected chi connectivity index (χ1v) is 13.4. The summed E-state index contributed by atoms with van der Waals surface area (Å²) in [6.07, 6.45) is 1.83. The molecule has 0 unspecified atom stereocenters. The van der Waals surface area contributed by atoms with Gasteiger partial charge in [-0.1, -0.05) is 47.1 Å². The molecule has 7 nitrogen and oxygen atoms in total. The second-order valence-electron chi connectivity index (χ2n) is 8.25. The molecule has 180 valence electrons. The minimum Gasteiger partial charge on any atom is -0.352 e. The van der Waals surface area contributed by atoms with Crippen LogP contribution in [-0.2, 0) is 26.2 Å². The molecule has 2 aromatic rings. The molecule has 2 amide bonds. The fraction of sp³-hybridized carbons (Fsp3) is 0.417. The lowest BCUT2D eigenvalue weighted by Crippen LogP contribution is -2.52. The lowest BCUT2D eigenvalue weighted by Gasteiger charge is -2.32. The van der Waals surface area contributed by atoms with Gasteiger partial charge in [0.15, 0.2) is 0 Å². The van der Waals surface area contributed by atoms with E-state index in [1.807, 2.05) is 51.1 Å². The highest BCUT2D eigenvalue weighted by atomic mass is 79.9. The second-order valence-corrected chi connectivity index (χ2v) is 11.1. The molecule has 0 radical (unpaired) electrons. The van der Waals surface area contributed by atoms with Gasteiger partial charge in [0.25, 0.3) is 0 Å². The number of halogens is 1. The van der Waals surface area contributed by atoms with Crippen molar-refractivity contribution in [1.29, 1.82) is 0 Å². The molecule has 0 aliphatic heterocycles. The number of nitrogens with one attached hydrogen (secondary N) is 1. The van der Waals surface area contributed by atoms with Crippen LogP contribution in [0.15, 0.2) is 53.0 Å². The Morgan fingerprint density at radius 3 is 2.27 bits per heavy atom. The van der Waals surface area contributed by atoms with Gasteiger partial charge in [0.1, 0.15) is 12.6 Å². The molecule has 0 saturated heterocycles. The number of rotatable bonds is 10. The van der Waals surface area contributed by atoms with E-state index in [2.05, 4.69) is 21.2 Å². The molecule has 33 heavy (non-hydrogen) atoms. The Morgan fingerprint density at radius 2 is 1.73 bits per heavy atom. The van der Waals surface area contributed by atoms with Crippen molar-refractivity contribution in [2.45, 2.75) is 52.7 Å². The third-order valence-corrected chi connectivity index (χ3v) is 7.07. The number of hydrogen-bond donors (Lipinski definition) is 1. The zero-order valence-electron chi connectivity index (χ0n) is 19.7. The van der Waals surface area contributed by atoms with Crippen LogP contribution >= 0.6 is 15.9 Å². The lowest BCUT2D eigenvalue weighted by molar-refractivity contribution is -0.139. The van der Waals surface area contributed by atoms with Crippen LogP contribution in [0.1, 0.15) is 38.3 Å². The molecule has 9 heteroatoms. The van der Waals surface area contributed by atoms with Crippen LogP contribution in [-0.4, -0.2) is 50.0 Å². The Kier molecular flexibility index (Phi) is 9.48. The zero-order valence-corrected chi connectivity index (χ0v) is 22.1. The second kappa shape index (κ2) is 11.7. The van der Waals surface area contributed by atoms with E-state index in [4.69, 9.17) is 0 Å². The van der Waals surface area contributed by atoms with Crippen molar-refractivity contribution in [1.82, 2.24) is 10.2 Å². The van der Waals surface area contributed by atoms with Gasteiger partial charge in [-0.05, 0) is 62.6 Å². The highest BCUT2D eigenvalue weighted by Crippen LogP contribution is 2.20. The number of sulfonamides is 1. The Bertz CT molecular complexity index is 1070. The molecule has 0 heterocycles. The van der Waals surface area contributed by atoms with Crippen molar-refractivity contribution < 1.29 is 18.0 Å². The summed E-state index contributed by atoms with van der Waals surface area (Å²) in [7, 11) is -3.73. The van der Waals surface area contributed by atoms with Crippen LogP contribution in [0.5, 0.6) is 0 Å². The van der Waals surface area contributed by atoms with Gasteiger partial charge < -0.3 is 10.2 Å². The smallest absolute Gasteiger partial charge is 0.244 e. The maximum absolute atomic E-state index is 13.5.